The Morgan fingerprint density at radius 2 is 2.20 bits per heavy atom. The Hall–Kier alpha value is -0.730. The molecule has 0 radical (unpaired) electrons. The summed E-state index contributed by atoms with van der Waals surface area (Å²) in [4.78, 5) is 2.39. The fraction of sp³-hybridized carbons (Fsp3) is 0.500. The van der Waals surface area contributed by atoms with Gasteiger partial charge in [-0.1, -0.05) is 23.7 Å². The lowest BCUT2D eigenvalue weighted by molar-refractivity contribution is 0.630. The fourth-order valence-corrected chi connectivity index (χ4v) is 2.30. The lowest BCUT2D eigenvalue weighted by atomic mass is 10.2. The van der Waals surface area contributed by atoms with E-state index in [0.29, 0.717) is 6.04 Å². The fourth-order valence-electron chi connectivity index (χ4n) is 2.06. The molecule has 3 heteroatoms. The second-order valence-electron chi connectivity index (χ2n) is 4.05. The Morgan fingerprint density at radius 1 is 1.40 bits per heavy atom. The molecule has 1 unspecified atom stereocenters. The van der Waals surface area contributed by atoms with Gasteiger partial charge >= 0.3 is 0 Å². The quantitative estimate of drug-likeness (QED) is 0.789. The van der Waals surface area contributed by atoms with Gasteiger partial charge in [0.1, 0.15) is 0 Å². The molecule has 1 heterocycles. The van der Waals surface area contributed by atoms with Gasteiger partial charge in [-0.3, -0.25) is 0 Å². The molecule has 0 spiro atoms. The summed E-state index contributed by atoms with van der Waals surface area (Å²) >= 11 is 6.21. The highest BCUT2D eigenvalue weighted by Gasteiger charge is 2.18. The number of benzene rings is 1. The lowest BCUT2D eigenvalue weighted by Crippen LogP contribution is -2.37. The molecule has 1 fully saturated rings. The standard InChI is InChI=1S/C12H17ClN2/c1-10-9-14-7-4-8-15(10)12-6-3-2-5-11(12)13/h2-3,5-6,10,14H,4,7-9H2,1H3. The third-order valence-corrected chi connectivity index (χ3v) is 3.21. The van der Waals surface area contributed by atoms with E-state index in [9.17, 15) is 0 Å². The molecule has 0 aliphatic carbocycles. The molecule has 1 saturated heterocycles. The van der Waals surface area contributed by atoms with Crippen molar-refractivity contribution in [1.29, 1.82) is 0 Å². The minimum Gasteiger partial charge on any atom is -0.366 e. The van der Waals surface area contributed by atoms with Gasteiger partial charge < -0.3 is 10.2 Å². The van der Waals surface area contributed by atoms with Crippen molar-refractivity contribution in [1.82, 2.24) is 5.32 Å². The third kappa shape index (κ3) is 2.44. The molecular formula is C12H17ClN2. The van der Waals surface area contributed by atoms with Crippen LogP contribution in [0, 0.1) is 0 Å². The topological polar surface area (TPSA) is 15.3 Å². The van der Waals surface area contributed by atoms with E-state index < -0.39 is 0 Å². The molecule has 2 nitrogen and oxygen atoms in total. The Bertz CT molecular complexity index is 327. The predicted octanol–water partition coefficient (Wildman–Crippen LogP) is 2.53. The average molecular weight is 225 g/mol. The van der Waals surface area contributed by atoms with E-state index in [4.69, 9.17) is 11.6 Å². The third-order valence-electron chi connectivity index (χ3n) is 2.89. The first kappa shape index (κ1) is 10.8. The van der Waals surface area contributed by atoms with Gasteiger partial charge in [-0.25, -0.2) is 0 Å². The van der Waals surface area contributed by atoms with E-state index in [2.05, 4.69) is 23.2 Å². The Balaban J connectivity index is 2.24. The molecule has 0 saturated carbocycles. The van der Waals surface area contributed by atoms with Crippen LogP contribution in [0.5, 0.6) is 0 Å². The maximum absolute atomic E-state index is 6.21. The van der Waals surface area contributed by atoms with Crippen molar-refractivity contribution in [3.63, 3.8) is 0 Å². The Morgan fingerprint density at radius 3 is 3.00 bits per heavy atom. The zero-order valence-electron chi connectivity index (χ0n) is 9.04. The van der Waals surface area contributed by atoms with Gasteiger partial charge in [-0.2, -0.15) is 0 Å². The van der Waals surface area contributed by atoms with E-state index in [1.807, 2.05) is 18.2 Å². The van der Waals surface area contributed by atoms with Crippen molar-refractivity contribution < 1.29 is 0 Å². The summed E-state index contributed by atoms with van der Waals surface area (Å²) in [5, 5.41) is 4.28. The van der Waals surface area contributed by atoms with Crippen LogP contribution in [0.3, 0.4) is 0 Å². The first-order valence-corrected chi connectivity index (χ1v) is 5.89. The van der Waals surface area contributed by atoms with Gasteiger partial charge in [0, 0.05) is 19.1 Å². The Kier molecular flexibility index (Phi) is 3.49. The smallest absolute Gasteiger partial charge is 0.0639 e. The maximum atomic E-state index is 6.21. The van der Waals surface area contributed by atoms with Crippen LogP contribution in [0.1, 0.15) is 13.3 Å². The van der Waals surface area contributed by atoms with Gasteiger partial charge in [0.15, 0.2) is 0 Å². The molecule has 1 atom stereocenters. The summed E-state index contributed by atoms with van der Waals surface area (Å²) in [5.41, 5.74) is 1.16. The molecule has 1 aliphatic heterocycles. The van der Waals surface area contributed by atoms with Gasteiger partial charge in [0.2, 0.25) is 0 Å². The van der Waals surface area contributed by atoms with Gasteiger partial charge in [-0.05, 0) is 32.0 Å². The summed E-state index contributed by atoms with van der Waals surface area (Å²) in [7, 11) is 0. The molecule has 2 rings (SSSR count). The minimum atomic E-state index is 0.507. The molecule has 1 aromatic carbocycles. The number of nitrogens with one attached hydrogen (secondary N) is 1. The maximum Gasteiger partial charge on any atom is 0.0639 e. The van der Waals surface area contributed by atoms with Crippen molar-refractivity contribution in [2.45, 2.75) is 19.4 Å². The SMILES string of the molecule is CC1CNCCCN1c1ccccc1Cl. The summed E-state index contributed by atoms with van der Waals surface area (Å²) < 4.78 is 0. The number of hydrogen-bond donors (Lipinski definition) is 1. The minimum absolute atomic E-state index is 0.507. The van der Waals surface area contributed by atoms with Crippen LogP contribution in [-0.2, 0) is 0 Å². The highest BCUT2D eigenvalue weighted by Crippen LogP contribution is 2.27. The molecule has 1 N–H and O–H groups in total. The highest BCUT2D eigenvalue weighted by atomic mass is 35.5. The Labute approximate surface area is 96.2 Å². The van der Waals surface area contributed by atoms with Crippen LogP contribution in [0.4, 0.5) is 5.69 Å². The van der Waals surface area contributed by atoms with E-state index in [0.717, 1.165) is 30.3 Å². The molecule has 1 aliphatic rings. The lowest BCUT2D eigenvalue weighted by Gasteiger charge is -2.29. The largest absolute Gasteiger partial charge is 0.366 e. The van der Waals surface area contributed by atoms with Crippen molar-refractivity contribution in [2.24, 2.45) is 0 Å². The van der Waals surface area contributed by atoms with Gasteiger partial charge in [0.05, 0.1) is 10.7 Å². The molecule has 82 valence electrons. The predicted molar refractivity (Wildman–Crippen MR) is 65.7 cm³/mol. The van der Waals surface area contributed by atoms with Crippen LogP contribution in [0.25, 0.3) is 0 Å². The zero-order valence-corrected chi connectivity index (χ0v) is 9.80. The summed E-state index contributed by atoms with van der Waals surface area (Å²) in [6, 6.07) is 8.60. The monoisotopic (exact) mass is 224 g/mol. The first-order chi connectivity index (χ1) is 7.29. The molecule has 0 bridgehead atoms. The summed E-state index contributed by atoms with van der Waals surface area (Å²) in [5.74, 6) is 0. The summed E-state index contributed by atoms with van der Waals surface area (Å²) in [6.45, 7) is 5.45. The number of nitrogens with zero attached hydrogens (tertiary/aromatic N) is 1. The van der Waals surface area contributed by atoms with Crippen LogP contribution >= 0.6 is 11.6 Å². The van der Waals surface area contributed by atoms with Crippen LogP contribution < -0.4 is 10.2 Å². The molecule has 0 aromatic heterocycles. The van der Waals surface area contributed by atoms with E-state index in [1.165, 1.54) is 6.42 Å². The van der Waals surface area contributed by atoms with Gasteiger partial charge in [-0.15, -0.1) is 0 Å². The zero-order chi connectivity index (χ0) is 10.7. The second kappa shape index (κ2) is 4.86. The highest BCUT2D eigenvalue weighted by molar-refractivity contribution is 6.33. The van der Waals surface area contributed by atoms with E-state index in [1.54, 1.807) is 0 Å². The normalized spacial score (nSPS) is 22.5. The summed E-state index contributed by atoms with van der Waals surface area (Å²) in [6.07, 6.45) is 1.18. The van der Waals surface area contributed by atoms with E-state index in [-0.39, 0.29) is 0 Å². The van der Waals surface area contributed by atoms with Crippen LogP contribution in [-0.4, -0.2) is 25.7 Å². The van der Waals surface area contributed by atoms with Crippen molar-refractivity contribution >= 4 is 17.3 Å². The van der Waals surface area contributed by atoms with Crippen LogP contribution in [0.15, 0.2) is 24.3 Å². The number of para-hydroxylation sites is 1. The number of hydrogen-bond acceptors (Lipinski definition) is 2. The first-order valence-electron chi connectivity index (χ1n) is 5.51. The molecule has 1 aromatic rings. The molecule has 0 amide bonds. The molecular weight excluding hydrogens is 208 g/mol. The number of anilines is 1. The van der Waals surface area contributed by atoms with Gasteiger partial charge in [0.25, 0.3) is 0 Å². The average Bonchev–Trinajstić information content (AvgIpc) is 2.44. The van der Waals surface area contributed by atoms with E-state index >= 15 is 0 Å². The number of rotatable bonds is 1. The second-order valence-corrected chi connectivity index (χ2v) is 4.46. The number of halogens is 1. The molecule has 15 heavy (non-hydrogen) atoms. The van der Waals surface area contributed by atoms with Crippen LogP contribution in [0.2, 0.25) is 5.02 Å². The van der Waals surface area contributed by atoms with Crippen molar-refractivity contribution in [3.05, 3.63) is 29.3 Å². The van der Waals surface area contributed by atoms with Crippen molar-refractivity contribution in [2.75, 3.05) is 24.5 Å². The van der Waals surface area contributed by atoms with Crippen molar-refractivity contribution in [3.8, 4) is 0 Å².